The lowest BCUT2D eigenvalue weighted by Crippen LogP contribution is -2.50. The Labute approximate surface area is 202 Å². The van der Waals surface area contributed by atoms with Crippen molar-refractivity contribution in [1.29, 1.82) is 0 Å². The average molecular weight is 491 g/mol. The summed E-state index contributed by atoms with van der Waals surface area (Å²) in [6.07, 6.45) is -0.0630. The first-order valence-corrected chi connectivity index (χ1v) is 12.9. The normalized spacial score (nSPS) is 20.9. The van der Waals surface area contributed by atoms with Crippen molar-refractivity contribution in [2.45, 2.75) is 44.2 Å². The number of nitrogens with zero attached hydrogens (tertiary/aromatic N) is 2. The maximum absolute atomic E-state index is 13.6. The molecule has 1 aliphatic heterocycles. The highest BCUT2D eigenvalue weighted by Gasteiger charge is 2.38. The first-order valence-electron chi connectivity index (χ1n) is 11.4. The number of carbonyl (C=O) groups excluding carboxylic acids is 1. The van der Waals surface area contributed by atoms with Gasteiger partial charge in [-0.25, -0.2) is 8.42 Å². The summed E-state index contributed by atoms with van der Waals surface area (Å²) in [7, 11) is -0.602. The third kappa shape index (κ3) is 5.37. The van der Waals surface area contributed by atoms with E-state index in [-0.39, 0.29) is 35.6 Å². The van der Waals surface area contributed by atoms with Crippen molar-refractivity contribution in [2.75, 3.05) is 33.9 Å². The van der Waals surface area contributed by atoms with E-state index in [1.165, 1.54) is 4.31 Å². The number of benzene rings is 2. The van der Waals surface area contributed by atoms with E-state index < -0.39 is 22.2 Å². The quantitative estimate of drug-likeness (QED) is 0.641. The van der Waals surface area contributed by atoms with E-state index in [2.05, 4.69) is 0 Å². The number of hydrogen-bond donors (Lipinski definition) is 1. The number of hydrogen-bond acceptors (Lipinski definition) is 6. The molecule has 0 bridgehead atoms. The van der Waals surface area contributed by atoms with Crippen LogP contribution in [0.15, 0.2) is 47.4 Å². The highest BCUT2D eigenvalue weighted by atomic mass is 32.2. The third-order valence-electron chi connectivity index (χ3n) is 6.27. The Hall–Kier alpha value is -2.62. The van der Waals surface area contributed by atoms with Crippen molar-refractivity contribution in [3.8, 4) is 22.6 Å². The van der Waals surface area contributed by atoms with Gasteiger partial charge in [-0.15, -0.1) is 0 Å². The van der Waals surface area contributed by atoms with Gasteiger partial charge in [-0.05, 0) is 42.3 Å². The molecule has 9 heteroatoms. The first-order chi connectivity index (χ1) is 16.1. The zero-order chi connectivity index (χ0) is 25.0. The summed E-state index contributed by atoms with van der Waals surface area (Å²) < 4.78 is 40.1. The smallest absolute Gasteiger partial charge is 0.247 e. The average Bonchev–Trinajstić information content (AvgIpc) is 2.84. The first kappa shape index (κ1) is 26.0. The molecular formula is C25H34N2O6S. The summed E-state index contributed by atoms with van der Waals surface area (Å²) in [5.74, 6) is 0.712. The molecule has 0 spiro atoms. The van der Waals surface area contributed by atoms with E-state index in [4.69, 9.17) is 9.47 Å². The van der Waals surface area contributed by atoms with Crippen molar-refractivity contribution in [1.82, 2.24) is 9.21 Å². The summed E-state index contributed by atoms with van der Waals surface area (Å²) in [5.41, 5.74) is 1.68. The van der Waals surface area contributed by atoms with Crippen LogP contribution in [0.1, 0.15) is 27.2 Å². The molecule has 1 N–H and O–H groups in total. The minimum atomic E-state index is -3.92. The summed E-state index contributed by atoms with van der Waals surface area (Å²) in [4.78, 5) is 13.9. The summed E-state index contributed by atoms with van der Waals surface area (Å²) in [6.45, 7) is 5.57. The fourth-order valence-electron chi connectivity index (χ4n) is 4.05. The standard InChI is InChI=1S/C25H34N2O6S/c1-6-25(29)26(4)15-23-17(2)14-27(18(3)16-28)34(30,31)24-12-9-20(13-22(24)33-23)19-7-10-21(32-5)11-8-19/h7-13,17-18,23,28H,6,14-16H2,1-5H3/t17-,18-,23+/m1/s1. The number of sulfonamides is 1. The minimum absolute atomic E-state index is 0.0155. The van der Waals surface area contributed by atoms with Gasteiger partial charge in [-0.1, -0.05) is 32.0 Å². The van der Waals surface area contributed by atoms with E-state index in [9.17, 15) is 18.3 Å². The largest absolute Gasteiger partial charge is 0.497 e. The van der Waals surface area contributed by atoms with Crippen LogP contribution in [0.5, 0.6) is 11.5 Å². The van der Waals surface area contributed by atoms with Gasteiger partial charge in [0.2, 0.25) is 15.9 Å². The Bertz CT molecular complexity index is 1100. The van der Waals surface area contributed by atoms with E-state index in [0.29, 0.717) is 13.0 Å². The van der Waals surface area contributed by atoms with Crippen LogP contribution in [0.3, 0.4) is 0 Å². The van der Waals surface area contributed by atoms with Crippen LogP contribution in [-0.4, -0.2) is 74.6 Å². The molecule has 0 radical (unpaired) electrons. The maximum atomic E-state index is 13.6. The van der Waals surface area contributed by atoms with E-state index in [1.54, 1.807) is 51.1 Å². The number of methoxy groups -OCH3 is 1. The van der Waals surface area contributed by atoms with E-state index >= 15 is 0 Å². The zero-order valence-electron chi connectivity index (χ0n) is 20.4. The topological polar surface area (TPSA) is 96.4 Å². The monoisotopic (exact) mass is 490 g/mol. The van der Waals surface area contributed by atoms with Crippen LogP contribution in [-0.2, 0) is 14.8 Å². The van der Waals surface area contributed by atoms with Crippen LogP contribution in [0.4, 0.5) is 0 Å². The molecule has 8 nitrogen and oxygen atoms in total. The lowest BCUT2D eigenvalue weighted by atomic mass is 10.0. The molecule has 0 saturated carbocycles. The number of aliphatic hydroxyl groups excluding tert-OH is 1. The molecule has 1 amide bonds. The predicted octanol–water partition coefficient (Wildman–Crippen LogP) is 3.00. The molecule has 34 heavy (non-hydrogen) atoms. The molecule has 1 heterocycles. The lowest BCUT2D eigenvalue weighted by Gasteiger charge is -2.37. The number of likely N-dealkylation sites (N-methyl/N-ethyl adjacent to an activating group) is 1. The lowest BCUT2D eigenvalue weighted by molar-refractivity contribution is -0.131. The number of amides is 1. The molecule has 0 fully saturated rings. The second kappa shape index (κ2) is 10.8. The molecule has 2 aromatic rings. The molecule has 1 aliphatic rings. The SMILES string of the molecule is CCC(=O)N(C)C[C@@H]1Oc2cc(-c3ccc(OC)cc3)ccc2S(=O)(=O)N([C@H](C)CO)C[C@H]1C. The van der Waals surface area contributed by atoms with Crippen molar-refractivity contribution >= 4 is 15.9 Å². The van der Waals surface area contributed by atoms with Crippen LogP contribution in [0.25, 0.3) is 11.1 Å². The number of carbonyl (C=O) groups is 1. The van der Waals surface area contributed by atoms with Crippen LogP contribution >= 0.6 is 0 Å². The number of fused-ring (bicyclic) bond motifs is 1. The zero-order valence-corrected chi connectivity index (χ0v) is 21.2. The molecule has 0 unspecified atom stereocenters. The van der Waals surface area contributed by atoms with Crippen molar-refractivity contribution in [3.63, 3.8) is 0 Å². The highest BCUT2D eigenvalue weighted by molar-refractivity contribution is 7.89. The van der Waals surface area contributed by atoms with Gasteiger partial charge in [0.25, 0.3) is 0 Å². The fourth-order valence-corrected chi connectivity index (χ4v) is 5.87. The van der Waals surface area contributed by atoms with Gasteiger partial charge in [-0.2, -0.15) is 4.31 Å². The van der Waals surface area contributed by atoms with Gasteiger partial charge in [0, 0.05) is 32.0 Å². The van der Waals surface area contributed by atoms with Gasteiger partial charge in [-0.3, -0.25) is 4.79 Å². The fraction of sp³-hybridized carbons (Fsp3) is 0.480. The predicted molar refractivity (Wildman–Crippen MR) is 130 cm³/mol. The van der Waals surface area contributed by atoms with Gasteiger partial charge in [0.15, 0.2) is 0 Å². The Morgan fingerprint density at radius 1 is 1.24 bits per heavy atom. The highest BCUT2D eigenvalue weighted by Crippen LogP contribution is 2.36. The van der Waals surface area contributed by atoms with Gasteiger partial charge in [0.05, 0.1) is 20.3 Å². The Kier molecular flexibility index (Phi) is 8.22. The molecular weight excluding hydrogens is 456 g/mol. The van der Waals surface area contributed by atoms with Crippen LogP contribution in [0, 0.1) is 5.92 Å². The Balaban J connectivity index is 2.10. The van der Waals surface area contributed by atoms with Crippen molar-refractivity contribution in [3.05, 3.63) is 42.5 Å². The minimum Gasteiger partial charge on any atom is -0.497 e. The molecule has 0 aromatic heterocycles. The summed E-state index contributed by atoms with van der Waals surface area (Å²) in [5, 5.41) is 9.77. The van der Waals surface area contributed by atoms with Crippen LogP contribution < -0.4 is 9.47 Å². The molecule has 2 aromatic carbocycles. The summed E-state index contributed by atoms with van der Waals surface area (Å²) >= 11 is 0. The molecule has 0 aliphatic carbocycles. The molecule has 3 rings (SSSR count). The number of aliphatic hydroxyl groups is 1. The third-order valence-corrected chi connectivity index (χ3v) is 8.29. The van der Waals surface area contributed by atoms with Gasteiger partial charge >= 0.3 is 0 Å². The number of rotatable bonds is 7. The van der Waals surface area contributed by atoms with Gasteiger partial charge < -0.3 is 19.5 Å². The van der Waals surface area contributed by atoms with E-state index in [1.807, 2.05) is 31.2 Å². The van der Waals surface area contributed by atoms with E-state index in [0.717, 1.165) is 16.9 Å². The van der Waals surface area contributed by atoms with Crippen molar-refractivity contribution in [2.24, 2.45) is 5.92 Å². The Morgan fingerprint density at radius 3 is 2.47 bits per heavy atom. The summed E-state index contributed by atoms with van der Waals surface area (Å²) in [6, 6.07) is 11.9. The Morgan fingerprint density at radius 2 is 1.88 bits per heavy atom. The maximum Gasteiger partial charge on any atom is 0.247 e. The van der Waals surface area contributed by atoms with Gasteiger partial charge in [0.1, 0.15) is 22.5 Å². The number of ether oxygens (including phenoxy) is 2. The molecule has 0 saturated heterocycles. The second-order valence-corrected chi connectivity index (χ2v) is 10.6. The second-order valence-electron chi connectivity index (χ2n) is 8.76. The van der Waals surface area contributed by atoms with Crippen molar-refractivity contribution < 1.29 is 27.8 Å². The van der Waals surface area contributed by atoms with Crippen LogP contribution in [0.2, 0.25) is 0 Å². The molecule has 3 atom stereocenters. The molecule has 186 valence electrons.